The normalized spacial score (nSPS) is 13.9. The molecule has 0 aliphatic carbocycles. The second-order valence-electron chi connectivity index (χ2n) is 3.80. The summed E-state index contributed by atoms with van der Waals surface area (Å²) in [6, 6.07) is 0.0564. The lowest BCUT2D eigenvalue weighted by Crippen LogP contribution is -2.55. The van der Waals surface area contributed by atoms with E-state index in [0.29, 0.717) is 26.1 Å². The molecular weight excluding hydrogens is 194 g/mol. The third kappa shape index (κ3) is 4.18. The predicted molar refractivity (Wildman–Crippen MR) is 60.0 cm³/mol. The van der Waals surface area contributed by atoms with Crippen LogP contribution >= 0.6 is 0 Å². The monoisotopic (exact) mass is 217 g/mol. The van der Waals surface area contributed by atoms with Crippen LogP contribution in [0.5, 0.6) is 0 Å². The van der Waals surface area contributed by atoms with Crippen molar-refractivity contribution in [1.82, 2.24) is 5.32 Å². The number of carboxylic acid groups (broad SMARTS) is 1. The maximum absolute atomic E-state index is 11.2. The fraction of sp³-hybridized carbons (Fsp3) is 0.909. The fourth-order valence-corrected chi connectivity index (χ4v) is 1.63. The molecule has 1 atom stereocenters. The van der Waals surface area contributed by atoms with Crippen molar-refractivity contribution in [3.63, 3.8) is 0 Å². The Balaban J connectivity index is 4.33. The first-order chi connectivity index (χ1) is 7.02. The first kappa shape index (κ1) is 14.4. The van der Waals surface area contributed by atoms with Crippen LogP contribution < -0.4 is 5.32 Å². The van der Waals surface area contributed by atoms with Gasteiger partial charge in [-0.15, -0.1) is 0 Å². The van der Waals surface area contributed by atoms with Gasteiger partial charge in [0.2, 0.25) is 0 Å². The summed E-state index contributed by atoms with van der Waals surface area (Å²) in [5.41, 5.74) is -0.809. The van der Waals surface area contributed by atoms with Crippen LogP contribution in [0, 0.1) is 0 Å². The lowest BCUT2D eigenvalue weighted by Gasteiger charge is -2.31. The lowest BCUT2D eigenvalue weighted by molar-refractivity contribution is -0.145. The van der Waals surface area contributed by atoms with Crippen LogP contribution in [0.1, 0.15) is 40.5 Å². The first-order valence-corrected chi connectivity index (χ1v) is 5.61. The molecule has 0 aliphatic rings. The summed E-state index contributed by atoms with van der Waals surface area (Å²) in [6.07, 6.45) is 1.16. The van der Waals surface area contributed by atoms with Crippen LogP contribution in [-0.2, 0) is 9.53 Å². The van der Waals surface area contributed by atoms with Gasteiger partial charge in [-0.25, -0.2) is 0 Å². The van der Waals surface area contributed by atoms with Crippen LogP contribution in [0.15, 0.2) is 0 Å². The van der Waals surface area contributed by atoms with E-state index in [1.807, 2.05) is 27.7 Å². The molecule has 0 aromatic carbocycles. The second-order valence-corrected chi connectivity index (χ2v) is 3.80. The van der Waals surface area contributed by atoms with Crippen molar-refractivity contribution in [2.75, 3.05) is 13.2 Å². The third-order valence-electron chi connectivity index (χ3n) is 2.71. The van der Waals surface area contributed by atoms with Crippen molar-refractivity contribution < 1.29 is 14.6 Å². The summed E-state index contributed by atoms with van der Waals surface area (Å²) in [6.45, 7) is 8.85. The van der Waals surface area contributed by atoms with Crippen LogP contribution in [0.25, 0.3) is 0 Å². The van der Waals surface area contributed by atoms with Crippen molar-refractivity contribution >= 4 is 5.97 Å². The van der Waals surface area contributed by atoms with E-state index in [1.54, 1.807) is 0 Å². The van der Waals surface area contributed by atoms with Crippen LogP contribution in [-0.4, -0.2) is 35.9 Å². The zero-order valence-electron chi connectivity index (χ0n) is 10.2. The molecule has 90 valence electrons. The molecule has 0 spiro atoms. The van der Waals surface area contributed by atoms with Crippen molar-refractivity contribution in [2.45, 2.75) is 52.1 Å². The summed E-state index contributed by atoms with van der Waals surface area (Å²) >= 11 is 0. The number of rotatable bonds is 8. The topological polar surface area (TPSA) is 58.6 Å². The molecule has 0 radical (unpaired) electrons. The van der Waals surface area contributed by atoms with Gasteiger partial charge in [0.05, 0.1) is 6.61 Å². The van der Waals surface area contributed by atoms with Crippen LogP contribution in [0.4, 0.5) is 0 Å². The molecule has 4 nitrogen and oxygen atoms in total. The molecule has 0 amide bonds. The maximum atomic E-state index is 11.2. The summed E-state index contributed by atoms with van der Waals surface area (Å²) in [5.74, 6) is -0.782. The average Bonchev–Trinajstić information content (AvgIpc) is 2.22. The van der Waals surface area contributed by atoms with Gasteiger partial charge in [-0.2, -0.15) is 0 Å². The molecule has 0 rings (SSSR count). The van der Waals surface area contributed by atoms with Gasteiger partial charge in [-0.05, 0) is 26.7 Å². The van der Waals surface area contributed by atoms with Gasteiger partial charge < -0.3 is 9.84 Å². The van der Waals surface area contributed by atoms with Gasteiger partial charge in [0.15, 0.2) is 0 Å². The Morgan fingerprint density at radius 1 is 1.40 bits per heavy atom. The quantitative estimate of drug-likeness (QED) is 0.649. The number of nitrogens with one attached hydrogen (secondary N) is 1. The van der Waals surface area contributed by atoms with E-state index in [0.717, 1.165) is 0 Å². The summed E-state index contributed by atoms with van der Waals surface area (Å²) in [5, 5.41) is 12.3. The van der Waals surface area contributed by atoms with E-state index < -0.39 is 11.5 Å². The molecule has 0 fully saturated rings. The number of carboxylic acids is 1. The highest BCUT2D eigenvalue weighted by Gasteiger charge is 2.35. The molecule has 0 saturated heterocycles. The average molecular weight is 217 g/mol. The van der Waals surface area contributed by atoms with Crippen molar-refractivity contribution in [1.29, 1.82) is 0 Å². The smallest absolute Gasteiger partial charge is 0.323 e. The highest BCUT2D eigenvalue weighted by molar-refractivity contribution is 5.78. The zero-order chi connectivity index (χ0) is 11.9. The molecule has 4 heteroatoms. The Morgan fingerprint density at radius 2 is 1.93 bits per heavy atom. The number of hydrogen-bond donors (Lipinski definition) is 2. The van der Waals surface area contributed by atoms with Gasteiger partial charge in [0, 0.05) is 12.6 Å². The Bertz CT molecular complexity index is 190. The Kier molecular flexibility index (Phi) is 6.52. The van der Waals surface area contributed by atoms with Crippen LogP contribution in [0.3, 0.4) is 0 Å². The van der Waals surface area contributed by atoms with E-state index in [-0.39, 0.29) is 6.04 Å². The van der Waals surface area contributed by atoms with Gasteiger partial charge in [0.25, 0.3) is 0 Å². The number of carbonyl (C=O) groups is 1. The largest absolute Gasteiger partial charge is 0.480 e. The molecule has 0 aliphatic heterocycles. The van der Waals surface area contributed by atoms with E-state index >= 15 is 0 Å². The number of hydrogen-bond acceptors (Lipinski definition) is 3. The van der Waals surface area contributed by atoms with Gasteiger partial charge in [0.1, 0.15) is 5.54 Å². The molecule has 0 aromatic heterocycles. The third-order valence-corrected chi connectivity index (χ3v) is 2.71. The minimum Gasteiger partial charge on any atom is -0.480 e. The zero-order valence-corrected chi connectivity index (χ0v) is 10.2. The minimum atomic E-state index is -0.809. The van der Waals surface area contributed by atoms with Gasteiger partial charge in [-0.1, -0.05) is 13.8 Å². The van der Waals surface area contributed by atoms with E-state index in [9.17, 15) is 9.90 Å². The molecule has 2 N–H and O–H groups in total. The van der Waals surface area contributed by atoms with Gasteiger partial charge in [-0.3, -0.25) is 10.1 Å². The Labute approximate surface area is 92.0 Å². The summed E-state index contributed by atoms with van der Waals surface area (Å²) < 4.78 is 5.25. The first-order valence-electron chi connectivity index (χ1n) is 5.61. The molecule has 0 heterocycles. The SMILES string of the molecule is CCOCC(C)NC(CC)(CC)C(=O)O. The molecular formula is C11H23NO3. The summed E-state index contributed by atoms with van der Waals surface area (Å²) in [4.78, 5) is 11.2. The maximum Gasteiger partial charge on any atom is 0.323 e. The lowest BCUT2D eigenvalue weighted by atomic mass is 9.92. The van der Waals surface area contributed by atoms with Gasteiger partial charge >= 0.3 is 5.97 Å². The van der Waals surface area contributed by atoms with E-state index in [4.69, 9.17) is 4.74 Å². The van der Waals surface area contributed by atoms with E-state index in [1.165, 1.54) is 0 Å². The minimum absolute atomic E-state index is 0.0564. The van der Waals surface area contributed by atoms with Crippen molar-refractivity contribution in [3.8, 4) is 0 Å². The second kappa shape index (κ2) is 6.80. The summed E-state index contributed by atoms with van der Waals surface area (Å²) in [7, 11) is 0. The highest BCUT2D eigenvalue weighted by atomic mass is 16.5. The van der Waals surface area contributed by atoms with E-state index in [2.05, 4.69) is 5.32 Å². The predicted octanol–water partition coefficient (Wildman–Crippen LogP) is 1.64. The van der Waals surface area contributed by atoms with Crippen molar-refractivity contribution in [2.24, 2.45) is 0 Å². The molecule has 0 saturated carbocycles. The molecule has 0 aromatic rings. The molecule has 0 bridgehead atoms. The standard InChI is InChI=1S/C11H23NO3/c1-5-11(6-2,10(13)14)12-9(4)8-15-7-3/h9,12H,5-8H2,1-4H3,(H,13,14). The fourth-order valence-electron chi connectivity index (χ4n) is 1.63. The van der Waals surface area contributed by atoms with Crippen LogP contribution in [0.2, 0.25) is 0 Å². The number of ether oxygens (including phenoxy) is 1. The molecule has 1 unspecified atom stereocenters. The highest BCUT2D eigenvalue weighted by Crippen LogP contribution is 2.16. The number of aliphatic carboxylic acids is 1. The molecule has 15 heavy (non-hydrogen) atoms. The van der Waals surface area contributed by atoms with Crippen molar-refractivity contribution in [3.05, 3.63) is 0 Å². The Morgan fingerprint density at radius 3 is 2.27 bits per heavy atom. The Hall–Kier alpha value is -0.610.